The van der Waals surface area contributed by atoms with E-state index in [1.54, 1.807) is 18.2 Å². The van der Waals surface area contributed by atoms with Crippen LogP contribution in [-0.4, -0.2) is 47.0 Å². The van der Waals surface area contributed by atoms with Crippen molar-refractivity contribution in [1.29, 1.82) is 0 Å². The number of carbonyl (C=O) groups excluding carboxylic acids is 2. The number of nitrogens with zero attached hydrogens (tertiary/aromatic N) is 3. The minimum Gasteiger partial charge on any atom is -0.369 e. The first-order valence-corrected chi connectivity index (χ1v) is 14.9. The van der Waals surface area contributed by atoms with Crippen molar-refractivity contribution < 1.29 is 9.59 Å². The van der Waals surface area contributed by atoms with Gasteiger partial charge < -0.3 is 19.7 Å². The molecule has 2 fully saturated rings. The summed E-state index contributed by atoms with van der Waals surface area (Å²) in [5, 5.41) is 3.10. The summed E-state index contributed by atoms with van der Waals surface area (Å²) < 4.78 is 1.93. The maximum atomic E-state index is 13.7. The number of fused-ring (bicyclic) bond motifs is 4. The van der Waals surface area contributed by atoms with Crippen molar-refractivity contribution in [2.24, 2.45) is 5.92 Å². The first kappa shape index (κ1) is 27.1. The average molecular weight is 551 g/mol. The molecule has 0 radical (unpaired) electrons. The minimum absolute atomic E-state index is 0.0299. The van der Waals surface area contributed by atoms with Gasteiger partial charge in [0, 0.05) is 61.5 Å². The van der Waals surface area contributed by atoms with Gasteiger partial charge >= 0.3 is 0 Å². The molecule has 6 rings (SSSR count). The zero-order valence-electron chi connectivity index (χ0n) is 23.7. The molecule has 41 heavy (non-hydrogen) atoms. The Balaban J connectivity index is 1.31. The van der Waals surface area contributed by atoms with E-state index in [1.807, 2.05) is 64.1 Å². The van der Waals surface area contributed by atoms with Crippen molar-refractivity contribution in [3.8, 4) is 0 Å². The zero-order chi connectivity index (χ0) is 28.3. The molecule has 2 bridgehead atoms. The fourth-order valence-corrected chi connectivity index (χ4v) is 6.91. The smallest absolute Gasteiger partial charge is 0.254 e. The van der Waals surface area contributed by atoms with Gasteiger partial charge in [0.15, 0.2) is 0 Å². The van der Waals surface area contributed by atoms with E-state index in [-0.39, 0.29) is 29.3 Å². The van der Waals surface area contributed by atoms with Crippen molar-refractivity contribution in [3.05, 3.63) is 100.0 Å². The van der Waals surface area contributed by atoms with Crippen LogP contribution < -0.4 is 15.8 Å². The van der Waals surface area contributed by atoms with Crippen LogP contribution in [-0.2, 0) is 11.3 Å². The minimum atomic E-state index is -0.238. The molecule has 4 heterocycles. The van der Waals surface area contributed by atoms with E-state index < -0.39 is 0 Å². The van der Waals surface area contributed by atoms with Gasteiger partial charge in [0.05, 0.1) is 11.4 Å². The average Bonchev–Trinajstić information content (AvgIpc) is 3.00. The number of nitrogens with one attached hydrogen (secondary N) is 1. The van der Waals surface area contributed by atoms with Crippen molar-refractivity contribution in [3.63, 3.8) is 0 Å². The van der Waals surface area contributed by atoms with Crippen molar-refractivity contribution >= 4 is 29.3 Å². The summed E-state index contributed by atoms with van der Waals surface area (Å²) in [4.78, 5) is 43.7. The number of likely N-dealkylation sites (tertiary alicyclic amines) is 1. The SMILES string of the molecule is CC[C@H]1CCCCN1C(=O)c1ccc(N2C[C@H]3C[C@@H](C2)c2cccc(=O)n2C3)c(NC(=O)/C=C/c2ccccc2)c1. The largest absolute Gasteiger partial charge is 0.369 e. The molecule has 212 valence electrons. The molecule has 0 saturated carbocycles. The highest BCUT2D eigenvalue weighted by Crippen LogP contribution is 2.39. The highest BCUT2D eigenvalue weighted by Gasteiger charge is 2.35. The standard InChI is InChI=1S/C34H38N4O3/c1-2-28-11-6-7-18-37(28)34(41)26-15-16-31(29(20-26)35-32(39)17-14-24-9-4-3-5-10-24)36-21-25-19-27(23-36)30-12-8-13-33(40)38(30)22-25/h3-5,8-10,12-17,20,25,27-28H,2,6-7,11,18-19,21-23H2,1H3,(H,35,39)/b17-14+/t25-,27+,28+/m1/s1. The normalized spacial score (nSPS) is 21.9. The Kier molecular flexibility index (Phi) is 7.77. The van der Waals surface area contributed by atoms with E-state index in [2.05, 4.69) is 23.2 Å². The molecule has 1 N–H and O–H groups in total. The molecule has 0 spiro atoms. The van der Waals surface area contributed by atoms with Gasteiger partial charge in [-0.2, -0.15) is 0 Å². The van der Waals surface area contributed by atoms with Crippen LogP contribution in [0.5, 0.6) is 0 Å². The lowest BCUT2D eigenvalue weighted by Crippen LogP contribution is -2.47. The number of anilines is 2. The molecule has 3 aromatic rings. The maximum Gasteiger partial charge on any atom is 0.254 e. The topological polar surface area (TPSA) is 74.7 Å². The monoisotopic (exact) mass is 550 g/mol. The van der Waals surface area contributed by atoms with E-state index in [4.69, 9.17) is 0 Å². The highest BCUT2D eigenvalue weighted by atomic mass is 16.2. The summed E-state index contributed by atoms with van der Waals surface area (Å²) >= 11 is 0. The molecule has 0 unspecified atom stereocenters. The van der Waals surface area contributed by atoms with Gasteiger partial charge in [-0.05, 0) is 73.9 Å². The first-order valence-electron chi connectivity index (χ1n) is 14.9. The summed E-state index contributed by atoms with van der Waals surface area (Å²) in [6.07, 6.45) is 8.54. The molecule has 7 nitrogen and oxygen atoms in total. The first-order chi connectivity index (χ1) is 20.0. The van der Waals surface area contributed by atoms with Crippen LogP contribution in [0, 0.1) is 5.92 Å². The van der Waals surface area contributed by atoms with Gasteiger partial charge in [-0.25, -0.2) is 0 Å². The summed E-state index contributed by atoms with van der Waals surface area (Å²) in [7, 11) is 0. The molecule has 2 amide bonds. The molecule has 2 saturated heterocycles. The predicted octanol–water partition coefficient (Wildman–Crippen LogP) is 5.53. The Bertz CT molecular complexity index is 1510. The van der Waals surface area contributed by atoms with Gasteiger partial charge in [0.1, 0.15) is 0 Å². The Morgan fingerprint density at radius 2 is 1.83 bits per heavy atom. The number of benzene rings is 2. The Labute approximate surface area is 241 Å². The van der Waals surface area contributed by atoms with E-state index in [0.29, 0.717) is 23.7 Å². The van der Waals surface area contributed by atoms with E-state index in [9.17, 15) is 14.4 Å². The van der Waals surface area contributed by atoms with Crippen LogP contribution in [0.25, 0.3) is 6.08 Å². The molecule has 0 aliphatic carbocycles. The molecule has 3 aliphatic rings. The summed E-state index contributed by atoms with van der Waals surface area (Å²) in [6, 6.07) is 21.3. The summed E-state index contributed by atoms with van der Waals surface area (Å²) in [6.45, 7) is 5.16. The fourth-order valence-electron chi connectivity index (χ4n) is 6.91. The quantitative estimate of drug-likeness (QED) is 0.410. The molecule has 2 aromatic carbocycles. The summed E-state index contributed by atoms with van der Waals surface area (Å²) in [5.41, 5.74) is 4.25. The Hall–Kier alpha value is -4.13. The van der Waals surface area contributed by atoms with Crippen molar-refractivity contribution in [2.75, 3.05) is 29.9 Å². The lowest BCUT2D eigenvalue weighted by molar-refractivity contribution is -0.111. The third kappa shape index (κ3) is 5.71. The summed E-state index contributed by atoms with van der Waals surface area (Å²) in [5.74, 6) is 0.362. The van der Waals surface area contributed by atoms with E-state index in [1.165, 1.54) is 0 Å². The molecular formula is C34H38N4O3. The van der Waals surface area contributed by atoms with Gasteiger partial charge in [-0.15, -0.1) is 0 Å². The van der Waals surface area contributed by atoms with Gasteiger partial charge in [-0.3, -0.25) is 14.4 Å². The number of carbonyl (C=O) groups is 2. The molecule has 3 aliphatic heterocycles. The lowest BCUT2D eigenvalue weighted by Gasteiger charge is -2.44. The number of piperidine rings is 2. The Morgan fingerprint density at radius 1 is 0.976 bits per heavy atom. The predicted molar refractivity (Wildman–Crippen MR) is 163 cm³/mol. The van der Waals surface area contributed by atoms with Crippen LogP contribution in [0.2, 0.25) is 0 Å². The highest BCUT2D eigenvalue weighted by molar-refractivity contribution is 6.05. The number of hydrogen-bond acceptors (Lipinski definition) is 4. The number of aromatic nitrogens is 1. The molecule has 1 aromatic heterocycles. The second-order valence-corrected chi connectivity index (χ2v) is 11.6. The Morgan fingerprint density at radius 3 is 2.66 bits per heavy atom. The van der Waals surface area contributed by atoms with Crippen LogP contribution in [0.1, 0.15) is 66.6 Å². The molecular weight excluding hydrogens is 512 g/mol. The van der Waals surface area contributed by atoms with Crippen LogP contribution in [0.3, 0.4) is 0 Å². The molecule has 7 heteroatoms. The van der Waals surface area contributed by atoms with Crippen LogP contribution >= 0.6 is 0 Å². The van der Waals surface area contributed by atoms with E-state index in [0.717, 1.165) is 68.7 Å². The number of rotatable bonds is 6. The number of pyridine rings is 1. The van der Waals surface area contributed by atoms with Crippen LogP contribution in [0.4, 0.5) is 11.4 Å². The van der Waals surface area contributed by atoms with Gasteiger partial charge in [0.25, 0.3) is 11.5 Å². The van der Waals surface area contributed by atoms with Crippen molar-refractivity contribution in [1.82, 2.24) is 9.47 Å². The maximum absolute atomic E-state index is 13.7. The number of hydrogen-bond donors (Lipinski definition) is 1. The second-order valence-electron chi connectivity index (χ2n) is 11.6. The second kappa shape index (κ2) is 11.8. The number of amides is 2. The van der Waals surface area contributed by atoms with Gasteiger partial charge in [-0.1, -0.05) is 43.3 Å². The van der Waals surface area contributed by atoms with Crippen LogP contribution in [0.15, 0.2) is 77.6 Å². The third-order valence-corrected chi connectivity index (χ3v) is 8.91. The lowest BCUT2D eigenvalue weighted by atomic mass is 9.83. The fraction of sp³-hybridized carbons (Fsp3) is 0.382. The van der Waals surface area contributed by atoms with E-state index >= 15 is 0 Å². The van der Waals surface area contributed by atoms with Crippen molar-refractivity contribution in [2.45, 2.75) is 57.5 Å². The van der Waals surface area contributed by atoms with Gasteiger partial charge in [0.2, 0.25) is 5.91 Å². The molecule has 3 atom stereocenters. The zero-order valence-corrected chi connectivity index (χ0v) is 23.7. The third-order valence-electron chi connectivity index (χ3n) is 8.91.